The molecule has 3 heteroatoms. The van der Waals surface area contributed by atoms with E-state index >= 15 is 0 Å². The molecule has 0 amide bonds. The standard InChI is InChI=1S/C16H25BrN2/c1-11-5-4-6-16(9-11,10-18)19-14-7-12(2)15(17)13(3)8-14/h7-8,11,19H,4-6,9-10,18H2,1-3H3. The molecule has 2 atom stereocenters. The fourth-order valence-electron chi connectivity index (χ4n) is 3.33. The maximum atomic E-state index is 6.08. The van der Waals surface area contributed by atoms with E-state index in [0.29, 0.717) is 6.54 Å². The van der Waals surface area contributed by atoms with Gasteiger partial charge in [-0.3, -0.25) is 0 Å². The van der Waals surface area contributed by atoms with Gasteiger partial charge in [-0.15, -0.1) is 0 Å². The van der Waals surface area contributed by atoms with Gasteiger partial charge < -0.3 is 11.1 Å². The van der Waals surface area contributed by atoms with Crippen molar-refractivity contribution in [3.8, 4) is 0 Å². The van der Waals surface area contributed by atoms with Crippen molar-refractivity contribution in [1.82, 2.24) is 0 Å². The zero-order valence-electron chi connectivity index (χ0n) is 12.2. The van der Waals surface area contributed by atoms with Crippen LogP contribution in [0.5, 0.6) is 0 Å². The predicted octanol–water partition coefficient (Wildman–Crippen LogP) is 4.39. The number of aryl methyl sites for hydroxylation is 2. The molecule has 1 aliphatic rings. The van der Waals surface area contributed by atoms with Crippen molar-refractivity contribution < 1.29 is 0 Å². The lowest BCUT2D eigenvalue weighted by Crippen LogP contribution is -2.48. The van der Waals surface area contributed by atoms with Crippen LogP contribution in [-0.2, 0) is 0 Å². The maximum Gasteiger partial charge on any atom is 0.0498 e. The third-order valence-corrected chi connectivity index (χ3v) is 5.58. The summed E-state index contributed by atoms with van der Waals surface area (Å²) in [4.78, 5) is 0. The van der Waals surface area contributed by atoms with E-state index < -0.39 is 0 Å². The zero-order chi connectivity index (χ0) is 14.0. The summed E-state index contributed by atoms with van der Waals surface area (Å²) >= 11 is 3.63. The third-order valence-electron chi connectivity index (χ3n) is 4.33. The Hall–Kier alpha value is -0.540. The minimum absolute atomic E-state index is 0.0877. The monoisotopic (exact) mass is 324 g/mol. The summed E-state index contributed by atoms with van der Waals surface area (Å²) in [5.41, 5.74) is 9.93. The highest BCUT2D eigenvalue weighted by atomic mass is 79.9. The Morgan fingerprint density at radius 2 is 2.00 bits per heavy atom. The molecular weight excluding hydrogens is 300 g/mol. The van der Waals surface area contributed by atoms with Gasteiger partial charge in [0.25, 0.3) is 0 Å². The summed E-state index contributed by atoms with van der Waals surface area (Å²) < 4.78 is 1.21. The molecule has 0 radical (unpaired) electrons. The van der Waals surface area contributed by atoms with Gasteiger partial charge in [0.2, 0.25) is 0 Å². The van der Waals surface area contributed by atoms with E-state index in [1.54, 1.807) is 0 Å². The molecule has 0 aromatic heterocycles. The lowest BCUT2D eigenvalue weighted by Gasteiger charge is -2.41. The van der Waals surface area contributed by atoms with Gasteiger partial charge in [0.05, 0.1) is 0 Å². The van der Waals surface area contributed by atoms with Crippen molar-refractivity contribution in [3.05, 3.63) is 27.7 Å². The average Bonchev–Trinajstić information content (AvgIpc) is 2.36. The highest BCUT2D eigenvalue weighted by Crippen LogP contribution is 2.35. The van der Waals surface area contributed by atoms with Gasteiger partial charge in [-0.05, 0) is 55.9 Å². The quantitative estimate of drug-likeness (QED) is 0.865. The highest BCUT2D eigenvalue weighted by Gasteiger charge is 2.33. The van der Waals surface area contributed by atoms with E-state index in [1.807, 2.05) is 0 Å². The van der Waals surface area contributed by atoms with Crippen molar-refractivity contribution in [3.63, 3.8) is 0 Å². The van der Waals surface area contributed by atoms with E-state index in [9.17, 15) is 0 Å². The summed E-state index contributed by atoms with van der Waals surface area (Å²) in [7, 11) is 0. The molecule has 2 rings (SSSR count). The summed E-state index contributed by atoms with van der Waals surface area (Å²) in [6, 6.07) is 4.43. The summed E-state index contributed by atoms with van der Waals surface area (Å²) in [6.45, 7) is 7.33. The average molecular weight is 325 g/mol. The lowest BCUT2D eigenvalue weighted by molar-refractivity contribution is 0.264. The van der Waals surface area contributed by atoms with Gasteiger partial charge in [0.1, 0.15) is 0 Å². The van der Waals surface area contributed by atoms with Crippen LogP contribution in [0.1, 0.15) is 43.7 Å². The molecule has 2 nitrogen and oxygen atoms in total. The van der Waals surface area contributed by atoms with Gasteiger partial charge in [-0.1, -0.05) is 35.7 Å². The molecule has 1 aromatic rings. The van der Waals surface area contributed by atoms with Crippen molar-refractivity contribution in [2.45, 2.75) is 52.0 Å². The van der Waals surface area contributed by atoms with E-state index in [4.69, 9.17) is 5.73 Å². The molecule has 19 heavy (non-hydrogen) atoms. The van der Waals surface area contributed by atoms with Crippen LogP contribution < -0.4 is 11.1 Å². The predicted molar refractivity (Wildman–Crippen MR) is 86.7 cm³/mol. The van der Waals surface area contributed by atoms with Crippen LogP contribution in [-0.4, -0.2) is 12.1 Å². The van der Waals surface area contributed by atoms with Gasteiger partial charge in [0.15, 0.2) is 0 Å². The first-order valence-electron chi connectivity index (χ1n) is 7.21. The van der Waals surface area contributed by atoms with E-state index in [1.165, 1.54) is 47.0 Å². The van der Waals surface area contributed by atoms with Crippen LogP contribution >= 0.6 is 15.9 Å². The molecule has 3 N–H and O–H groups in total. The van der Waals surface area contributed by atoms with Crippen LogP contribution in [0, 0.1) is 19.8 Å². The number of benzene rings is 1. The summed E-state index contributed by atoms with van der Waals surface area (Å²) in [5.74, 6) is 0.766. The second-order valence-corrected chi connectivity index (χ2v) is 7.03. The minimum Gasteiger partial charge on any atom is -0.378 e. The Morgan fingerprint density at radius 1 is 1.37 bits per heavy atom. The first kappa shape index (κ1) is 14.9. The molecule has 0 aliphatic heterocycles. The number of halogens is 1. The topological polar surface area (TPSA) is 38.0 Å². The molecule has 106 valence electrons. The normalized spacial score (nSPS) is 27.3. The van der Waals surface area contributed by atoms with Crippen molar-refractivity contribution in [2.75, 3.05) is 11.9 Å². The van der Waals surface area contributed by atoms with Gasteiger partial charge in [-0.2, -0.15) is 0 Å². The van der Waals surface area contributed by atoms with E-state index in [-0.39, 0.29) is 5.54 Å². The van der Waals surface area contributed by atoms with Crippen molar-refractivity contribution in [1.29, 1.82) is 0 Å². The van der Waals surface area contributed by atoms with Crippen LogP contribution in [0.2, 0.25) is 0 Å². The van der Waals surface area contributed by atoms with Crippen LogP contribution in [0.3, 0.4) is 0 Å². The molecule has 0 heterocycles. The minimum atomic E-state index is 0.0877. The molecule has 1 aliphatic carbocycles. The Bertz CT molecular complexity index is 435. The Labute approximate surface area is 125 Å². The third kappa shape index (κ3) is 3.32. The number of anilines is 1. The van der Waals surface area contributed by atoms with E-state index in [0.717, 1.165) is 5.92 Å². The number of rotatable bonds is 3. The SMILES string of the molecule is Cc1cc(NC2(CN)CCCC(C)C2)cc(C)c1Br. The first-order chi connectivity index (χ1) is 8.96. The molecule has 1 fully saturated rings. The van der Waals surface area contributed by atoms with Gasteiger partial charge in [0, 0.05) is 22.2 Å². The first-order valence-corrected chi connectivity index (χ1v) is 8.00. The number of hydrogen-bond donors (Lipinski definition) is 2. The molecule has 2 unspecified atom stereocenters. The van der Waals surface area contributed by atoms with Crippen LogP contribution in [0.25, 0.3) is 0 Å². The second kappa shape index (κ2) is 5.84. The van der Waals surface area contributed by atoms with Crippen molar-refractivity contribution in [2.24, 2.45) is 11.7 Å². The fraction of sp³-hybridized carbons (Fsp3) is 0.625. The largest absolute Gasteiger partial charge is 0.378 e. The summed E-state index contributed by atoms with van der Waals surface area (Å²) in [6.07, 6.45) is 4.97. The summed E-state index contributed by atoms with van der Waals surface area (Å²) in [5, 5.41) is 3.74. The van der Waals surface area contributed by atoms with E-state index in [2.05, 4.69) is 54.2 Å². The van der Waals surface area contributed by atoms with Gasteiger partial charge in [-0.25, -0.2) is 0 Å². The molecule has 1 aromatic carbocycles. The molecule has 1 saturated carbocycles. The Morgan fingerprint density at radius 3 is 2.53 bits per heavy atom. The lowest BCUT2D eigenvalue weighted by atomic mass is 9.76. The fourth-order valence-corrected chi connectivity index (χ4v) is 3.56. The molecular formula is C16H25BrN2. The maximum absolute atomic E-state index is 6.08. The Balaban J connectivity index is 2.23. The zero-order valence-corrected chi connectivity index (χ0v) is 13.8. The number of hydrogen-bond acceptors (Lipinski definition) is 2. The Kier molecular flexibility index (Phi) is 4.57. The van der Waals surface area contributed by atoms with Crippen molar-refractivity contribution >= 4 is 21.6 Å². The van der Waals surface area contributed by atoms with Gasteiger partial charge >= 0.3 is 0 Å². The number of nitrogens with two attached hydrogens (primary N) is 1. The highest BCUT2D eigenvalue weighted by molar-refractivity contribution is 9.10. The van der Waals surface area contributed by atoms with Crippen LogP contribution in [0.15, 0.2) is 16.6 Å². The smallest absolute Gasteiger partial charge is 0.0498 e. The molecule has 0 bridgehead atoms. The number of nitrogens with one attached hydrogen (secondary N) is 1. The van der Waals surface area contributed by atoms with Crippen LogP contribution in [0.4, 0.5) is 5.69 Å². The molecule has 0 saturated heterocycles. The second-order valence-electron chi connectivity index (χ2n) is 6.24. The molecule has 0 spiro atoms.